The molecule has 0 heterocycles. The Morgan fingerprint density at radius 1 is 1.10 bits per heavy atom. The molecule has 2 aromatic carbocycles. The molecule has 0 saturated heterocycles. The van der Waals surface area contributed by atoms with Crippen LogP contribution in [0.2, 0.25) is 0 Å². The molecule has 4 heteroatoms. The third-order valence-corrected chi connectivity index (χ3v) is 2.70. The van der Waals surface area contributed by atoms with Gasteiger partial charge >= 0.3 is 5.97 Å². The van der Waals surface area contributed by atoms with Crippen LogP contribution in [0.1, 0.15) is 11.1 Å². The lowest BCUT2D eigenvalue weighted by Gasteiger charge is -2.09. The van der Waals surface area contributed by atoms with E-state index in [2.05, 4.69) is 0 Å². The maximum Gasteiger partial charge on any atom is 0.328 e. The van der Waals surface area contributed by atoms with Crippen molar-refractivity contribution in [2.24, 2.45) is 0 Å². The summed E-state index contributed by atoms with van der Waals surface area (Å²) in [5.74, 6) is -0.605. The first kappa shape index (κ1) is 16.3. The number of carbonyl (C=O) groups is 1. The van der Waals surface area contributed by atoms with E-state index in [-0.39, 0.29) is 5.75 Å². The average molecular weight is 286 g/mol. The van der Waals surface area contributed by atoms with Crippen LogP contribution in [0.15, 0.2) is 54.6 Å². The average Bonchev–Trinajstić information content (AvgIpc) is 2.49. The summed E-state index contributed by atoms with van der Waals surface area (Å²) in [4.78, 5) is 10.3. The van der Waals surface area contributed by atoms with Crippen molar-refractivity contribution in [1.29, 1.82) is 0 Å². The summed E-state index contributed by atoms with van der Waals surface area (Å²) in [5.41, 5.74) is 1.40. The lowest BCUT2D eigenvalue weighted by atomic mass is 10.1. The molecule has 21 heavy (non-hydrogen) atoms. The van der Waals surface area contributed by atoms with Gasteiger partial charge in [0.05, 0.1) is 7.11 Å². The lowest BCUT2D eigenvalue weighted by Crippen LogP contribution is -1.91. The molecule has 0 radical (unpaired) electrons. The van der Waals surface area contributed by atoms with Crippen LogP contribution in [0.25, 0.3) is 6.08 Å². The van der Waals surface area contributed by atoms with Crippen LogP contribution >= 0.6 is 0 Å². The van der Waals surface area contributed by atoms with Gasteiger partial charge in [-0.25, -0.2) is 4.79 Å². The summed E-state index contributed by atoms with van der Waals surface area (Å²) in [5, 5.41) is 17.9. The number of methoxy groups -OCH3 is 1. The Hall–Kier alpha value is -2.75. The van der Waals surface area contributed by atoms with Gasteiger partial charge in [0.15, 0.2) is 11.5 Å². The monoisotopic (exact) mass is 286 g/mol. The van der Waals surface area contributed by atoms with Gasteiger partial charge < -0.3 is 14.9 Å². The molecule has 2 aromatic rings. The van der Waals surface area contributed by atoms with Crippen molar-refractivity contribution in [3.63, 3.8) is 0 Å². The van der Waals surface area contributed by atoms with E-state index in [1.54, 1.807) is 13.0 Å². The molecule has 2 rings (SSSR count). The molecule has 0 fully saturated rings. The molecule has 0 aliphatic heterocycles. The highest BCUT2D eigenvalue weighted by molar-refractivity contribution is 5.85. The van der Waals surface area contributed by atoms with Crippen LogP contribution in [0.5, 0.6) is 11.5 Å². The Morgan fingerprint density at radius 2 is 1.62 bits per heavy atom. The van der Waals surface area contributed by atoms with Crippen LogP contribution < -0.4 is 4.74 Å². The Morgan fingerprint density at radius 3 is 2.05 bits per heavy atom. The largest absolute Gasteiger partial charge is 0.504 e. The van der Waals surface area contributed by atoms with E-state index in [1.807, 2.05) is 36.4 Å². The molecule has 2 N–H and O–H groups in total. The molecule has 0 aliphatic rings. The van der Waals surface area contributed by atoms with Gasteiger partial charge in [-0.1, -0.05) is 42.5 Å². The SMILES string of the molecule is COc1c(O)ccc(C=CC(=O)O)c1C.c1ccccc1. The minimum atomic E-state index is -1.01. The highest BCUT2D eigenvalue weighted by Crippen LogP contribution is 2.32. The number of aliphatic carboxylic acids is 1. The smallest absolute Gasteiger partial charge is 0.328 e. The Bertz CT molecular complexity index is 577. The van der Waals surface area contributed by atoms with Crippen LogP contribution in [0, 0.1) is 6.92 Å². The van der Waals surface area contributed by atoms with Gasteiger partial charge in [0.1, 0.15) is 0 Å². The van der Waals surface area contributed by atoms with E-state index in [1.165, 1.54) is 19.3 Å². The maximum atomic E-state index is 10.3. The molecule has 0 aromatic heterocycles. The fourth-order valence-corrected chi connectivity index (χ4v) is 1.68. The number of phenols is 1. The topological polar surface area (TPSA) is 66.8 Å². The zero-order chi connectivity index (χ0) is 15.7. The number of carboxylic acids is 1. The zero-order valence-electron chi connectivity index (χ0n) is 12.0. The van der Waals surface area contributed by atoms with Crippen molar-refractivity contribution in [2.75, 3.05) is 7.11 Å². The lowest BCUT2D eigenvalue weighted by molar-refractivity contribution is -0.131. The van der Waals surface area contributed by atoms with Gasteiger partial charge in [-0.05, 0) is 24.6 Å². The highest BCUT2D eigenvalue weighted by atomic mass is 16.5. The number of phenolic OH excluding ortho intramolecular Hbond substituents is 1. The summed E-state index contributed by atoms with van der Waals surface area (Å²) in [7, 11) is 1.45. The molecule has 0 amide bonds. The first-order chi connectivity index (χ1) is 10.1. The van der Waals surface area contributed by atoms with Gasteiger partial charge in [0.25, 0.3) is 0 Å². The summed E-state index contributed by atoms with van der Waals surface area (Å²) in [6.45, 7) is 1.75. The van der Waals surface area contributed by atoms with Gasteiger partial charge in [-0.3, -0.25) is 0 Å². The minimum Gasteiger partial charge on any atom is -0.504 e. The van der Waals surface area contributed by atoms with Gasteiger partial charge in [0, 0.05) is 11.6 Å². The van der Waals surface area contributed by atoms with Crippen LogP contribution in [-0.4, -0.2) is 23.3 Å². The molecule has 0 spiro atoms. The molecular weight excluding hydrogens is 268 g/mol. The standard InChI is InChI=1S/C11H12O4.C6H6/c1-7-8(4-6-10(13)14)3-5-9(12)11(7)15-2;1-2-4-6-5-3-1/h3-6,12H,1-2H3,(H,13,14);1-6H. The van der Waals surface area contributed by atoms with Crippen LogP contribution in [0.4, 0.5) is 0 Å². The fraction of sp³-hybridized carbons (Fsp3) is 0.118. The third-order valence-electron chi connectivity index (χ3n) is 2.70. The van der Waals surface area contributed by atoms with E-state index in [9.17, 15) is 9.90 Å². The first-order valence-electron chi connectivity index (χ1n) is 6.34. The minimum absolute atomic E-state index is 0.0440. The van der Waals surface area contributed by atoms with Crippen molar-refractivity contribution in [2.45, 2.75) is 6.92 Å². The van der Waals surface area contributed by atoms with Crippen molar-refractivity contribution in [3.05, 3.63) is 65.7 Å². The second-order valence-electron chi connectivity index (χ2n) is 4.16. The highest BCUT2D eigenvalue weighted by Gasteiger charge is 2.07. The van der Waals surface area contributed by atoms with Crippen molar-refractivity contribution >= 4 is 12.0 Å². The number of ether oxygens (including phenoxy) is 1. The zero-order valence-corrected chi connectivity index (χ0v) is 12.0. The normalized spacial score (nSPS) is 9.81. The van der Waals surface area contributed by atoms with E-state index in [0.29, 0.717) is 16.9 Å². The molecule has 0 saturated carbocycles. The first-order valence-corrected chi connectivity index (χ1v) is 6.34. The number of benzene rings is 2. The Labute approximate surface area is 123 Å². The second-order valence-corrected chi connectivity index (χ2v) is 4.16. The Kier molecular flexibility index (Phi) is 6.54. The molecular formula is C17H18O4. The van der Waals surface area contributed by atoms with E-state index < -0.39 is 5.97 Å². The third kappa shape index (κ3) is 5.40. The molecule has 0 aliphatic carbocycles. The number of hydrogen-bond acceptors (Lipinski definition) is 3. The number of rotatable bonds is 3. The molecule has 0 atom stereocenters. The molecule has 110 valence electrons. The predicted molar refractivity (Wildman–Crippen MR) is 82.5 cm³/mol. The van der Waals surface area contributed by atoms with E-state index in [0.717, 1.165) is 6.08 Å². The van der Waals surface area contributed by atoms with Crippen LogP contribution in [0.3, 0.4) is 0 Å². The molecule has 0 bridgehead atoms. The second kappa shape index (κ2) is 8.43. The summed E-state index contributed by atoms with van der Waals surface area (Å²) >= 11 is 0. The summed E-state index contributed by atoms with van der Waals surface area (Å²) < 4.78 is 4.99. The van der Waals surface area contributed by atoms with Gasteiger partial charge in [-0.2, -0.15) is 0 Å². The molecule has 4 nitrogen and oxygen atoms in total. The summed E-state index contributed by atoms with van der Waals surface area (Å²) in [6, 6.07) is 15.1. The summed E-state index contributed by atoms with van der Waals surface area (Å²) in [6.07, 6.45) is 2.50. The fourth-order valence-electron chi connectivity index (χ4n) is 1.68. The number of carboxylic acid groups (broad SMARTS) is 1. The van der Waals surface area contributed by atoms with E-state index in [4.69, 9.17) is 9.84 Å². The van der Waals surface area contributed by atoms with Crippen LogP contribution in [-0.2, 0) is 4.79 Å². The predicted octanol–water partition coefficient (Wildman–Crippen LogP) is 3.49. The van der Waals surface area contributed by atoms with Crippen molar-refractivity contribution < 1.29 is 19.7 Å². The van der Waals surface area contributed by atoms with Gasteiger partial charge in [-0.15, -0.1) is 0 Å². The van der Waals surface area contributed by atoms with Gasteiger partial charge in [0.2, 0.25) is 0 Å². The Balaban J connectivity index is 0.000000304. The number of aromatic hydroxyl groups is 1. The quantitative estimate of drug-likeness (QED) is 0.848. The van der Waals surface area contributed by atoms with E-state index >= 15 is 0 Å². The van der Waals surface area contributed by atoms with Crippen molar-refractivity contribution in [3.8, 4) is 11.5 Å². The number of hydrogen-bond donors (Lipinski definition) is 2. The maximum absolute atomic E-state index is 10.3. The van der Waals surface area contributed by atoms with Crippen molar-refractivity contribution in [1.82, 2.24) is 0 Å². The molecule has 0 unspecified atom stereocenters.